The number of hydrogen-bond donors (Lipinski definition) is 1. The van der Waals surface area contributed by atoms with Gasteiger partial charge in [0, 0.05) is 17.5 Å². The molecule has 1 amide bonds. The van der Waals surface area contributed by atoms with Crippen LogP contribution in [0.3, 0.4) is 0 Å². The average molecular weight is 435 g/mol. The third-order valence-electron chi connectivity index (χ3n) is 6.90. The van der Waals surface area contributed by atoms with E-state index in [4.69, 9.17) is 9.15 Å². The SMILES string of the molecule is Cc1c(C(=O)NCc2ccc(F)cc2)oc2ccc3c(c12)C(=O)CC1(CCC(C)CC1)O3. The molecule has 0 radical (unpaired) electrons. The number of nitrogens with one attached hydrogen (secondary N) is 1. The number of aryl methyl sites for hydroxylation is 1. The van der Waals surface area contributed by atoms with Crippen LogP contribution in [-0.2, 0) is 6.54 Å². The number of fused-ring (bicyclic) bond motifs is 3. The van der Waals surface area contributed by atoms with Crippen LogP contribution in [-0.4, -0.2) is 17.3 Å². The number of rotatable bonds is 3. The Kier molecular flexibility index (Phi) is 5.03. The molecule has 3 aromatic rings. The van der Waals surface area contributed by atoms with Crippen molar-refractivity contribution in [2.45, 2.75) is 58.1 Å². The standard InChI is InChI=1S/C26H26FNO4/c1-15-9-11-26(12-10-15)13-19(29)23-21(32-26)8-7-20-22(23)16(2)24(31-20)25(30)28-14-17-3-5-18(27)6-4-17/h3-8,15H,9-14H2,1-2H3,(H,28,30). The molecule has 1 spiro atoms. The van der Waals surface area contributed by atoms with Crippen LogP contribution < -0.4 is 10.1 Å². The molecule has 2 heterocycles. The van der Waals surface area contributed by atoms with Crippen molar-refractivity contribution in [3.8, 4) is 5.75 Å². The number of ketones is 1. The maximum absolute atomic E-state index is 13.3. The van der Waals surface area contributed by atoms with E-state index in [1.165, 1.54) is 12.1 Å². The average Bonchev–Trinajstić information content (AvgIpc) is 3.12. The molecule has 0 unspecified atom stereocenters. The van der Waals surface area contributed by atoms with Crippen LogP contribution in [0.1, 0.15) is 71.1 Å². The molecular weight excluding hydrogens is 409 g/mol. The molecule has 1 N–H and O–H groups in total. The number of benzene rings is 2. The summed E-state index contributed by atoms with van der Waals surface area (Å²) in [6.45, 7) is 4.28. The molecule has 5 nitrogen and oxygen atoms in total. The first-order valence-corrected chi connectivity index (χ1v) is 11.2. The fourth-order valence-electron chi connectivity index (χ4n) is 4.98. The van der Waals surface area contributed by atoms with Crippen LogP contribution >= 0.6 is 0 Å². The summed E-state index contributed by atoms with van der Waals surface area (Å²) in [5.41, 5.74) is 2.02. The Hall–Kier alpha value is -3.15. The van der Waals surface area contributed by atoms with Crippen molar-refractivity contribution in [1.82, 2.24) is 5.32 Å². The van der Waals surface area contributed by atoms with Gasteiger partial charge in [-0.2, -0.15) is 0 Å². The van der Waals surface area contributed by atoms with Crippen LogP contribution in [0.15, 0.2) is 40.8 Å². The van der Waals surface area contributed by atoms with Crippen molar-refractivity contribution in [2.75, 3.05) is 0 Å². The quantitative estimate of drug-likeness (QED) is 0.571. The second-order valence-electron chi connectivity index (χ2n) is 9.24. The highest BCUT2D eigenvalue weighted by Crippen LogP contribution is 2.46. The summed E-state index contributed by atoms with van der Waals surface area (Å²) in [6, 6.07) is 9.51. The predicted molar refractivity (Wildman–Crippen MR) is 118 cm³/mol. The first-order valence-electron chi connectivity index (χ1n) is 11.2. The molecule has 166 valence electrons. The second kappa shape index (κ2) is 7.76. The molecule has 32 heavy (non-hydrogen) atoms. The van der Waals surface area contributed by atoms with Gasteiger partial charge in [-0.3, -0.25) is 9.59 Å². The van der Waals surface area contributed by atoms with Gasteiger partial charge in [0.15, 0.2) is 11.5 Å². The van der Waals surface area contributed by atoms with Crippen LogP contribution in [0.2, 0.25) is 0 Å². The molecule has 2 aliphatic rings. The highest BCUT2D eigenvalue weighted by Gasteiger charge is 2.43. The highest BCUT2D eigenvalue weighted by atomic mass is 19.1. The van der Waals surface area contributed by atoms with E-state index in [1.807, 2.05) is 0 Å². The lowest BCUT2D eigenvalue weighted by molar-refractivity contribution is 0.00430. The Morgan fingerprint density at radius 3 is 2.59 bits per heavy atom. The van der Waals surface area contributed by atoms with Crippen LogP contribution in [0.25, 0.3) is 11.0 Å². The van der Waals surface area contributed by atoms with Gasteiger partial charge in [0.1, 0.15) is 22.8 Å². The summed E-state index contributed by atoms with van der Waals surface area (Å²) in [7, 11) is 0. The van der Waals surface area contributed by atoms with Crippen molar-refractivity contribution in [3.63, 3.8) is 0 Å². The molecule has 2 aromatic carbocycles. The lowest BCUT2D eigenvalue weighted by atomic mass is 9.74. The molecule has 1 saturated carbocycles. The van der Waals surface area contributed by atoms with Crippen molar-refractivity contribution in [2.24, 2.45) is 5.92 Å². The number of Topliss-reactive ketones (excluding diaryl/α,β-unsaturated/α-hetero) is 1. The van der Waals surface area contributed by atoms with E-state index in [-0.39, 0.29) is 29.8 Å². The van der Waals surface area contributed by atoms with Gasteiger partial charge in [-0.25, -0.2) is 4.39 Å². The predicted octanol–water partition coefficient (Wildman–Crippen LogP) is 5.72. The highest BCUT2D eigenvalue weighted by molar-refractivity contribution is 6.13. The second-order valence-corrected chi connectivity index (χ2v) is 9.24. The van der Waals surface area contributed by atoms with Crippen LogP contribution in [0.4, 0.5) is 4.39 Å². The van der Waals surface area contributed by atoms with Gasteiger partial charge in [-0.1, -0.05) is 19.1 Å². The largest absolute Gasteiger partial charge is 0.486 e. The molecule has 1 fully saturated rings. The molecule has 5 rings (SSSR count). The molecule has 0 saturated heterocycles. The summed E-state index contributed by atoms with van der Waals surface area (Å²) >= 11 is 0. The third kappa shape index (κ3) is 3.57. The van der Waals surface area contributed by atoms with Gasteiger partial charge in [-0.05, 0) is 68.4 Å². The van der Waals surface area contributed by atoms with Gasteiger partial charge in [-0.15, -0.1) is 0 Å². The van der Waals surface area contributed by atoms with E-state index in [9.17, 15) is 14.0 Å². The summed E-state index contributed by atoms with van der Waals surface area (Å²) in [5, 5.41) is 3.46. The van der Waals surface area contributed by atoms with Crippen molar-refractivity contribution in [3.05, 3.63) is 64.7 Å². The summed E-state index contributed by atoms with van der Waals surface area (Å²) in [6.07, 6.45) is 4.27. The minimum atomic E-state index is -0.405. The molecule has 1 aliphatic carbocycles. The number of carbonyl (C=O) groups excluding carboxylic acids is 2. The molecule has 0 atom stereocenters. The molecule has 1 aromatic heterocycles. The minimum absolute atomic E-state index is 0.0496. The summed E-state index contributed by atoms with van der Waals surface area (Å²) in [5.74, 6) is 0.775. The van der Waals surface area contributed by atoms with E-state index in [1.54, 1.807) is 31.2 Å². The summed E-state index contributed by atoms with van der Waals surface area (Å²) < 4.78 is 25.4. The van der Waals surface area contributed by atoms with E-state index >= 15 is 0 Å². The fraction of sp³-hybridized carbons (Fsp3) is 0.385. The molecular formula is C26H26FNO4. The number of furan rings is 1. The lowest BCUT2D eigenvalue weighted by Gasteiger charge is -2.42. The van der Waals surface area contributed by atoms with Crippen LogP contribution in [0.5, 0.6) is 5.75 Å². The monoisotopic (exact) mass is 435 g/mol. The normalized spacial score (nSPS) is 22.6. The van der Waals surface area contributed by atoms with Crippen molar-refractivity contribution >= 4 is 22.7 Å². The van der Waals surface area contributed by atoms with Crippen molar-refractivity contribution in [1.29, 1.82) is 0 Å². The third-order valence-corrected chi connectivity index (χ3v) is 6.90. The molecule has 1 aliphatic heterocycles. The number of halogens is 1. The number of ether oxygens (including phenoxy) is 1. The first-order chi connectivity index (χ1) is 15.3. The topological polar surface area (TPSA) is 68.5 Å². The smallest absolute Gasteiger partial charge is 0.287 e. The zero-order valence-electron chi connectivity index (χ0n) is 18.3. The zero-order valence-corrected chi connectivity index (χ0v) is 18.3. The Balaban J connectivity index is 1.43. The van der Waals surface area contributed by atoms with Gasteiger partial charge >= 0.3 is 0 Å². The fourth-order valence-corrected chi connectivity index (χ4v) is 4.98. The zero-order chi connectivity index (χ0) is 22.5. The van der Waals surface area contributed by atoms with E-state index in [0.29, 0.717) is 40.2 Å². The van der Waals surface area contributed by atoms with Gasteiger partial charge in [0.2, 0.25) is 0 Å². The Bertz CT molecular complexity index is 1200. The first kappa shape index (κ1) is 20.7. The summed E-state index contributed by atoms with van der Waals surface area (Å²) in [4.78, 5) is 26.1. The minimum Gasteiger partial charge on any atom is -0.486 e. The molecule has 0 bridgehead atoms. The number of hydrogen-bond acceptors (Lipinski definition) is 4. The number of carbonyl (C=O) groups is 2. The maximum atomic E-state index is 13.3. The maximum Gasteiger partial charge on any atom is 0.287 e. The van der Waals surface area contributed by atoms with Gasteiger partial charge in [0.05, 0.1) is 12.0 Å². The van der Waals surface area contributed by atoms with Crippen molar-refractivity contribution < 1.29 is 23.1 Å². The Morgan fingerprint density at radius 1 is 1.16 bits per heavy atom. The van der Waals surface area contributed by atoms with E-state index in [2.05, 4.69) is 12.2 Å². The Morgan fingerprint density at radius 2 is 1.88 bits per heavy atom. The Labute approximate surface area is 185 Å². The van der Waals surface area contributed by atoms with Crippen LogP contribution in [0, 0.1) is 18.7 Å². The van der Waals surface area contributed by atoms with Gasteiger partial charge < -0.3 is 14.5 Å². The van der Waals surface area contributed by atoms with E-state index in [0.717, 1.165) is 31.2 Å². The number of amides is 1. The van der Waals surface area contributed by atoms with E-state index < -0.39 is 5.60 Å². The molecule has 6 heteroatoms. The lowest BCUT2D eigenvalue weighted by Crippen LogP contribution is -2.44. The van der Waals surface area contributed by atoms with Gasteiger partial charge in [0.25, 0.3) is 5.91 Å².